The fourth-order valence-corrected chi connectivity index (χ4v) is 4.43. The first-order chi connectivity index (χ1) is 14.1. The van der Waals surface area contributed by atoms with E-state index in [-0.39, 0.29) is 11.7 Å². The molecule has 164 valence electrons. The van der Waals surface area contributed by atoms with Gasteiger partial charge in [-0.25, -0.2) is 8.42 Å². The van der Waals surface area contributed by atoms with Crippen molar-refractivity contribution in [2.75, 3.05) is 24.8 Å². The first-order valence-corrected chi connectivity index (χ1v) is 11.6. The minimum atomic E-state index is -3.80. The van der Waals surface area contributed by atoms with E-state index in [0.717, 1.165) is 21.7 Å². The molecule has 1 amide bonds. The number of carbonyl (C=O) groups is 1. The highest BCUT2D eigenvalue weighted by Gasteiger charge is 2.32. The molecule has 0 aliphatic rings. The van der Waals surface area contributed by atoms with E-state index in [9.17, 15) is 13.2 Å². The van der Waals surface area contributed by atoms with Crippen LogP contribution in [0.4, 0.5) is 5.69 Å². The number of rotatable bonds is 9. The van der Waals surface area contributed by atoms with Crippen LogP contribution in [0, 0.1) is 6.92 Å². The van der Waals surface area contributed by atoms with Crippen LogP contribution < -0.4 is 19.1 Å². The van der Waals surface area contributed by atoms with Gasteiger partial charge in [-0.3, -0.25) is 9.10 Å². The lowest BCUT2D eigenvalue weighted by atomic mass is 10.0. The Morgan fingerprint density at radius 2 is 1.73 bits per heavy atom. The van der Waals surface area contributed by atoms with Gasteiger partial charge in [0.15, 0.2) is 0 Å². The highest BCUT2D eigenvalue weighted by atomic mass is 32.2. The van der Waals surface area contributed by atoms with Crippen molar-refractivity contribution in [2.24, 2.45) is 0 Å². The molecule has 2 aromatic rings. The number of carbonyl (C=O) groups excluding carboxylic acids is 1. The summed E-state index contributed by atoms with van der Waals surface area (Å²) in [7, 11) is -0.864. The lowest BCUT2D eigenvalue weighted by Crippen LogP contribution is -2.48. The van der Waals surface area contributed by atoms with Gasteiger partial charge >= 0.3 is 0 Å². The first kappa shape index (κ1) is 23.5. The Labute approximate surface area is 179 Å². The zero-order chi connectivity index (χ0) is 22.5. The van der Waals surface area contributed by atoms with Crippen molar-refractivity contribution < 1.29 is 22.7 Å². The molecule has 0 unspecified atom stereocenters. The quantitative estimate of drug-likeness (QED) is 0.654. The molecule has 0 fully saturated rings. The minimum Gasteiger partial charge on any atom is -0.497 e. The molecule has 0 radical (unpaired) electrons. The molecule has 0 bridgehead atoms. The minimum absolute atomic E-state index is 0.228. The summed E-state index contributed by atoms with van der Waals surface area (Å²) < 4.78 is 36.9. The smallest absolute Gasteiger partial charge is 0.244 e. The molecular formula is C22H30N2O5S. The monoisotopic (exact) mass is 434 g/mol. The number of nitrogens with zero attached hydrogens (tertiary/aromatic N) is 1. The summed E-state index contributed by atoms with van der Waals surface area (Å²) >= 11 is 0. The SMILES string of the molecule is CC[C@@H](NC(=O)[C@H](C)N(c1cc(OC)ccc1OC)S(C)(=O)=O)c1ccc(C)cc1. The highest BCUT2D eigenvalue weighted by Crippen LogP contribution is 2.35. The Hall–Kier alpha value is -2.74. The number of nitrogens with one attached hydrogen (secondary N) is 1. The van der Waals surface area contributed by atoms with Crippen LogP contribution in [-0.4, -0.2) is 40.8 Å². The van der Waals surface area contributed by atoms with Crippen LogP contribution in [0.1, 0.15) is 37.4 Å². The van der Waals surface area contributed by atoms with Crippen LogP contribution >= 0.6 is 0 Å². The molecule has 0 aromatic heterocycles. The Bertz CT molecular complexity index is 974. The van der Waals surface area contributed by atoms with Crippen LogP contribution in [0.25, 0.3) is 0 Å². The Kier molecular flexibility index (Phi) is 7.72. The average Bonchev–Trinajstić information content (AvgIpc) is 2.71. The topological polar surface area (TPSA) is 84.9 Å². The summed E-state index contributed by atoms with van der Waals surface area (Å²) in [4.78, 5) is 13.1. The van der Waals surface area contributed by atoms with E-state index in [4.69, 9.17) is 9.47 Å². The van der Waals surface area contributed by atoms with Crippen molar-refractivity contribution in [2.45, 2.75) is 39.3 Å². The van der Waals surface area contributed by atoms with Crippen molar-refractivity contribution in [1.82, 2.24) is 5.32 Å². The maximum Gasteiger partial charge on any atom is 0.244 e. The Morgan fingerprint density at radius 3 is 2.23 bits per heavy atom. The van der Waals surface area contributed by atoms with E-state index in [1.165, 1.54) is 14.2 Å². The van der Waals surface area contributed by atoms with Crippen molar-refractivity contribution in [3.63, 3.8) is 0 Å². The number of amides is 1. The molecule has 8 heteroatoms. The summed E-state index contributed by atoms with van der Waals surface area (Å²) in [5.74, 6) is 0.377. The molecule has 2 rings (SSSR count). The van der Waals surface area contributed by atoms with Gasteiger partial charge in [0.2, 0.25) is 15.9 Å². The Balaban J connectivity index is 2.39. The van der Waals surface area contributed by atoms with Gasteiger partial charge in [0.25, 0.3) is 0 Å². The third kappa shape index (κ3) is 5.44. The molecule has 30 heavy (non-hydrogen) atoms. The van der Waals surface area contributed by atoms with E-state index in [2.05, 4.69) is 5.32 Å². The van der Waals surface area contributed by atoms with Crippen LogP contribution in [0.5, 0.6) is 11.5 Å². The van der Waals surface area contributed by atoms with Crippen LogP contribution in [-0.2, 0) is 14.8 Å². The molecule has 1 N–H and O–H groups in total. The lowest BCUT2D eigenvalue weighted by Gasteiger charge is -2.31. The summed E-state index contributed by atoms with van der Waals surface area (Å²) in [6.07, 6.45) is 1.73. The van der Waals surface area contributed by atoms with Gasteiger partial charge in [-0.15, -0.1) is 0 Å². The van der Waals surface area contributed by atoms with Crippen LogP contribution in [0.3, 0.4) is 0 Å². The van der Waals surface area contributed by atoms with E-state index in [1.54, 1.807) is 25.1 Å². The van der Waals surface area contributed by atoms with Crippen molar-refractivity contribution in [1.29, 1.82) is 0 Å². The molecule has 0 saturated carbocycles. The van der Waals surface area contributed by atoms with Crippen molar-refractivity contribution in [3.05, 3.63) is 53.6 Å². The standard InChI is InChI=1S/C22H30N2O5S/c1-7-19(17-10-8-15(2)9-11-17)23-22(25)16(3)24(30(6,26)27)20-14-18(28-4)12-13-21(20)29-5/h8-14,16,19H,7H2,1-6H3,(H,23,25)/t16-,19+/m0/s1. The number of methoxy groups -OCH3 is 2. The van der Waals surface area contributed by atoms with Gasteiger partial charge in [0.05, 0.1) is 32.2 Å². The van der Waals surface area contributed by atoms with Gasteiger partial charge in [0, 0.05) is 6.07 Å². The van der Waals surface area contributed by atoms with Gasteiger partial charge in [-0.2, -0.15) is 0 Å². The maximum absolute atomic E-state index is 13.1. The molecule has 0 aliphatic heterocycles. The Morgan fingerprint density at radius 1 is 1.10 bits per heavy atom. The number of aryl methyl sites for hydroxylation is 1. The molecular weight excluding hydrogens is 404 g/mol. The number of sulfonamides is 1. The van der Waals surface area contributed by atoms with E-state index < -0.39 is 22.0 Å². The third-order valence-corrected chi connectivity index (χ3v) is 6.14. The van der Waals surface area contributed by atoms with E-state index >= 15 is 0 Å². The predicted molar refractivity (Wildman–Crippen MR) is 119 cm³/mol. The average molecular weight is 435 g/mol. The lowest BCUT2D eigenvalue weighted by molar-refractivity contribution is -0.122. The van der Waals surface area contributed by atoms with E-state index in [1.807, 2.05) is 38.1 Å². The molecule has 0 heterocycles. The normalized spacial score (nSPS) is 13.3. The van der Waals surface area contributed by atoms with Crippen molar-refractivity contribution >= 4 is 21.6 Å². The second kappa shape index (κ2) is 9.84. The molecule has 7 nitrogen and oxygen atoms in total. The number of benzene rings is 2. The van der Waals surface area contributed by atoms with Crippen LogP contribution in [0.15, 0.2) is 42.5 Å². The molecule has 2 atom stereocenters. The molecule has 2 aromatic carbocycles. The number of ether oxygens (including phenoxy) is 2. The summed E-state index contributed by atoms with van der Waals surface area (Å²) in [5, 5.41) is 2.97. The zero-order valence-corrected chi connectivity index (χ0v) is 19.1. The number of hydrogen-bond donors (Lipinski definition) is 1. The highest BCUT2D eigenvalue weighted by molar-refractivity contribution is 7.92. The zero-order valence-electron chi connectivity index (χ0n) is 18.3. The van der Waals surface area contributed by atoms with E-state index in [0.29, 0.717) is 17.9 Å². The first-order valence-electron chi connectivity index (χ1n) is 9.70. The molecule has 0 aliphatic carbocycles. The van der Waals surface area contributed by atoms with Crippen molar-refractivity contribution in [3.8, 4) is 11.5 Å². The summed E-state index contributed by atoms with van der Waals surface area (Å²) in [6, 6.07) is 11.5. The summed E-state index contributed by atoms with van der Waals surface area (Å²) in [6.45, 7) is 5.52. The number of anilines is 1. The molecule has 0 saturated heterocycles. The fraction of sp³-hybridized carbons (Fsp3) is 0.409. The second-order valence-corrected chi connectivity index (χ2v) is 9.01. The third-order valence-electron chi connectivity index (χ3n) is 4.92. The van der Waals surface area contributed by atoms with Gasteiger partial charge in [-0.1, -0.05) is 36.8 Å². The fourth-order valence-electron chi connectivity index (χ4n) is 3.26. The van der Waals surface area contributed by atoms with Gasteiger partial charge < -0.3 is 14.8 Å². The maximum atomic E-state index is 13.1. The predicted octanol–water partition coefficient (Wildman–Crippen LogP) is 3.43. The largest absolute Gasteiger partial charge is 0.497 e. The second-order valence-electron chi connectivity index (χ2n) is 7.15. The van der Waals surface area contributed by atoms with Gasteiger partial charge in [-0.05, 0) is 38.0 Å². The van der Waals surface area contributed by atoms with Gasteiger partial charge in [0.1, 0.15) is 17.5 Å². The summed E-state index contributed by atoms with van der Waals surface area (Å²) in [5.41, 5.74) is 2.33. The molecule has 0 spiro atoms. The number of hydrogen-bond acceptors (Lipinski definition) is 5. The van der Waals surface area contributed by atoms with Crippen LogP contribution in [0.2, 0.25) is 0 Å².